The number of benzene rings is 3. The fraction of sp³-hybridized carbons (Fsp3) is 0.259. The van der Waals surface area contributed by atoms with E-state index in [1.165, 1.54) is 0 Å². The van der Waals surface area contributed by atoms with Crippen LogP contribution < -0.4 is 14.4 Å². The van der Waals surface area contributed by atoms with E-state index in [-0.39, 0.29) is 11.4 Å². The molecule has 3 rings (SSSR count). The topological polar surface area (TPSA) is 92.8 Å². The van der Waals surface area contributed by atoms with Crippen molar-refractivity contribution in [2.45, 2.75) is 44.7 Å². The zero-order valence-electron chi connectivity index (χ0n) is 20.4. The summed E-state index contributed by atoms with van der Waals surface area (Å²) in [6.45, 7) is 5.05. The number of carbonyl (C=O) groups excluding carboxylic acids is 2. The second kappa shape index (κ2) is 12.1. The Morgan fingerprint density at radius 3 is 2.44 bits per heavy atom. The first kappa shape index (κ1) is 27.2. The Kier molecular flexibility index (Phi) is 9.12. The molecular formula is C27H29ClN2O5S. The Balaban J connectivity index is 1.84. The first-order valence-electron chi connectivity index (χ1n) is 11.5. The van der Waals surface area contributed by atoms with Gasteiger partial charge in [0.1, 0.15) is 12.3 Å². The molecule has 0 spiro atoms. The van der Waals surface area contributed by atoms with Crippen LogP contribution in [0.5, 0.6) is 5.75 Å². The molecule has 0 saturated heterocycles. The highest BCUT2D eigenvalue weighted by atomic mass is 35.5. The van der Waals surface area contributed by atoms with E-state index in [1.807, 2.05) is 6.92 Å². The Hall–Kier alpha value is -3.36. The zero-order chi connectivity index (χ0) is 26.3. The first-order chi connectivity index (χ1) is 17.1. The summed E-state index contributed by atoms with van der Waals surface area (Å²) < 4.78 is 33.8. The molecule has 1 N–H and O–H groups in total. The van der Waals surface area contributed by atoms with Gasteiger partial charge in [-0.2, -0.15) is 0 Å². The SMILES string of the molecule is CCc1ccc(S(=O)(=O)N(CC(=O)NCc2cccc(O[C@H](C)C=O)c2)c2cccc(Cl)c2C)cc1. The monoisotopic (exact) mass is 528 g/mol. The van der Waals surface area contributed by atoms with Crippen molar-refractivity contribution in [3.05, 3.63) is 88.4 Å². The van der Waals surface area contributed by atoms with Crippen molar-refractivity contribution in [3.8, 4) is 5.75 Å². The van der Waals surface area contributed by atoms with Crippen molar-refractivity contribution < 1.29 is 22.7 Å². The number of amides is 1. The van der Waals surface area contributed by atoms with Gasteiger partial charge < -0.3 is 10.1 Å². The number of hydrogen-bond donors (Lipinski definition) is 1. The largest absolute Gasteiger partial charge is 0.483 e. The molecule has 7 nitrogen and oxygen atoms in total. The minimum Gasteiger partial charge on any atom is -0.483 e. The molecule has 0 radical (unpaired) electrons. The Bertz CT molecular complexity index is 1330. The predicted octanol–water partition coefficient (Wildman–Crippen LogP) is 4.69. The van der Waals surface area contributed by atoms with Crippen LogP contribution >= 0.6 is 11.6 Å². The average molecular weight is 529 g/mol. The van der Waals surface area contributed by atoms with Crippen molar-refractivity contribution in [1.29, 1.82) is 0 Å². The molecule has 36 heavy (non-hydrogen) atoms. The first-order valence-corrected chi connectivity index (χ1v) is 13.3. The van der Waals surface area contributed by atoms with Gasteiger partial charge in [-0.1, -0.05) is 48.9 Å². The normalized spacial score (nSPS) is 12.0. The van der Waals surface area contributed by atoms with E-state index in [2.05, 4.69) is 5.32 Å². The van der Waals surface area contributed by atoms with Gasteiger partial charge in [0, 0.05) is 11.6 Å². The Labute approximate surface area is 217 Å². The van der Waals surface area contributed by atoms with E-state index < -0.39 is 28.6 Å². The van der Waals surface area contributed by atoms with Crippen LogP contribution in [-0.2, 0) is 32.6 Å². The molecule has 0 aromatic heterocycles. The van der Waals surface area contributed by atoms with Crippen molar-refractivity contribution in [1.82, 2.24) is 5.32 Å². The lowest BCUT2D eigenvalue weighted by atomic mass is 10.2. The zero-order valence-corrected chi connectivity index (χ0v) is 22.0. The van der Waals surface area contributed by atoms with Gasteiger partial charge in [0.25, 0.3) is 10.0 Å². The van der Waals surface area contributed by atoms with Crippen LogP contribution in [0.3, 0.4) is 0 Å². The number of sulfonamides is 1. The van der Waals surface area contributed by atoms with Gasteiger partial charge in [-0.25, -0.2) is 8.42 Å². The number of nitrogens with one attached hydrogen (secondary N) is 1. The molecule has 3 aromatic rings. The lowest BCUT2D eigenvalue weighted by Gasteiger charge is -2.26. The van der Waals surface area contributed by atoms with Crippen LogP contribution in [0, 0.1) is 6.92 Å². The molecule has 3 aromatic carbocycles. The average Bonchev–Trinajstić information content (AvgIpc) is 2.88. The van der Waals surface area contributed by atoms with E-state index in [9.17, 15) is 18.0 Å². The number of carbonyl (C=O) groups is 2. The van der Waals surface area contributed by atoms with Gasteiger partial charge in [0.2, 0.25) is 5.91 Å². The molecule has 1 amide bonds. The third-order valence-electron chi connectivity index (χ3n) is 5.62. The minimum atomic E-state index is -4.06. The Morgan fingerprint density at radius 1 is 1.08 bits per heavy atom. The van der Waals surface area contributed by atoms with Crippen LogP contribution in [0.2, 0.25) is 5.02 Å². The summed E-state index contributed by atoms with van der Waals surface area (Å²) in [5, 5.41) is 3.17. The summed E-state index contributed by atoms with van der Waals surface area (Å²) >= 11 is 6.28. The molecule has 0 aliphatic carbocycles. The number of rotatable bonds is 11. The van der Waals surface area contributed by atoms with E-state index in [1.54, 1.807) is 80.6 Å². The molecule has 0 aliphatic heterocycles. The quantitative estimate of drug-likeness (QED) is 0.364. The lowest BCUT2D eigenvalue weighted by Crippen LogP contribution is -2.41. The number of hydrogen-bond acceptors (Lipinski definition) is 5. The number of anilines is 1. The van der Waals surface area contributed by atoms with Gasteiger partial charge in [0.15, 0.2) is 12.4 Å². The maximum atomic E-state index is 13.6. The number of ether oxygens (including phenoxy) is 1. The van der Waals surface area contributed by atoms with Crippen LogP contribution in [0.4, 0.5) is 5.69 Å². The summed E-state index contributed by atoms with van der Waals surface area (Å²) in [4.78, 5) is 23.9. The summed E-state index contributed by atoms with van der Waals surface area (Å²) in [7, 11) is -4.06. The Morgan fingerprint density at radius 2 is 1.78 bits per heavy atom. The molecule has 0 unspecified atom stereocenters. The maximum absolute atomic E-state index is 13.6. The van der Waals surface area contributed by atoms with Crippen LogP contribution in [-0.4, -0.2) is 33.3 Å². The van der Waals surface area contributed by atoms with E-state index in [0.29, 0.717) is 28.3 Å². The van der Waals surface area contributed by atoms with Gasteiger partial charge in [0.05, 0.1) is 10.6 Å². The van der Waals surface area contributed by atoms with Crippen LogP contribution in [0.15, 0.2) is 71.6 Å². The van der Waals surface area contributed by atoms with Crippen LogP contribution in [0.25, 0.3) is 0 Å². The second-order valence-electron chi connectivity index (χ2n) is 8.28. The summed E-state index contributed by atoms with van der Waals surface area (Å²) in [6.07, 6.45) is 0.873. The molecule has 0 heterocycles. The van der Waals surface area contributed by atoms with Gasteiger partial charge in [-0.15, -0.1) is 0 Å². The highest BCUT2D eigenvalue weighted by Crippen LogP contribution is 2.31. The van der Waals surface area contributed by atoms with Crippen molar-refractivity contribution in [2.24, 2.45) is 0 Å². The van der Waals surface area contributed by atoms with E-state index in [4.69, 9.17) is 16.3 Å². The summed E-state index contributed by atoms with van der Waals surface area (Å²) in [5.41, 5.74) is 2.62. The predicted molar refractivity (Wildman–Crippen MR) is 141 cm³/mol. The molecular weight excluding hydrogens is 500 g/mol. The van der Waals surface area contributed by atoms with E-state index in [0.717, 1.165) is 21.9 Å². The third-order valence-corrected chi connectivity index (χ3v) is 7.80. The summed E-state index contributed by atoms with van der Waals surface area (Å²) in [5.74, 6) is 0.00587. The number of aryl methyl sites for hydroxylation is 1. The minimum absolute atomic E-state index is 0.0843. The van der Waals surface area contributed by atoms with E-state index >= 15 is 0 Å². The van der Waals surface area contributed by atoms with Crippen molar-refractivity contribution in [3.63, 3.8) is 0 Å². The summed E-state index contributed by atoms with van der Waals surface area (Å²) in [6, 6.07) is 18.5. The molecule has 0 fully saturated rings. The smallest absolute Gasteiger partial charge is 0.264 e. The fourth-order valence-corrected chi connectivity index (χ4v) is 5.20. The number of nitrogens with zero attached hydrogens (tertiary/aromatic N) is 1. The van der Waals surface area contributed by atoms with Gasteiger partial charge in [-0.3, -0.25) is 13.9 Å². The van der Waals surface area contributed by atoms with Gasteiger partial charge in [-0.05, 0) is 73.4 Å². The molecule has 1 atom stereocenters. The second-order valence-corrected chi connectivity index (χ2v) is 10.5. The highest BCUT2D eigenvalue weighted by Gasteiger charge is 2.28. The molecule has 0 saturated carbocycles. The fourth-order valence-electron chi connectivity index (χ4n) is 3.55. The standard InChI is InChI=1S/C27H29ClN2O5S/c1-4-21-11-13-24(14-12-21)36(33,34)30(26-10-6-9-25(28)20(26)3)17-27(32)29-16-22-7-5-8-23(15-22)35-19(2)18-31/h5-15,18-19H,4,16-17H2,1-3H3,(H,29,32)/t19-/m1/s1. The molecule has 190 valence electrons. The van der Waals surface area contributed by atoms with Crippen molar-refractivity contribution >= 4 is 39.5 Å². The van der Waals surface area contributed by atoms with Crippen molar-refractivity contribution in [2.75, 3.05) is 10.8 Å². The number of halogens is 1. The third kappa shape index (κ3) is 6.65. The maximum Gasteiger partial charge on any atom is 0.264 e. The van der Waals surface area contributed by atoms with Crippen LogP contribution in [0.1, 0.15) is 30.5 Å². The number of aldehydes is 1. The lowest BCUT2D eigenvalue weighted by molar-refractivity contribution is -0.119. The molecule has 0 bridgehead atoms. The highest BCUT2D eigenvalue weighted by molar-refractivity contribution is 7.92. The molecule has 9 heteroatoms. The molecule has 0 aliphatic rings. The van der Waals surface area contributed by atoms with Gasteiger partial charge >= 0.3 is 0 Å².